The van der Waals surface area contributed by atoms with Crippen LogP contribution >= 0.6 is 0 Å². The molecule has 2 nitrogen and oxygen atoms in total. The number of hydrogen-bond acceptors (Lipinski definition) is 2. The maximum Gasteiger partial charge on any atom is 0.0223 e. The molecule has 3 fully saturated rings. The quantitative estimate of drug-likeness (QED) is 0.810. The Morgan fingerprint density at radius 3 is 2.53 bits per heavy atom. The molecule has 0 amide bonds. The first kappa shape index (κ1) is 12.0. The van der Waals surface area contributed by atoms with E-state index in [1.807, 2.05) is 0 Å². The van der Waals surface area contributed by atoms with Gasteiger partial charge in [-0.3, -0.25) is 0 Å². The van der Waals surface area contributed by atoms with Crippen LogP contribution in [0.3, 0.4) is 0 Å². The molecular weight excluding hydrogens is 208 g/mol. The van der Waals surface area contributed by atoms with Crippen LogP contribution in [0.5, 0.6) is 0 Å². The smallest absolute Gasteiger partial charge is 0.0223 e. The highest BCUT2D eigenvalue weighted by molar-refractivity contribution is 4.86. The minimum Gasteiger partial charge on any atom is -0.312 e. The molecule has 2 aliphatic carbocycles. The van der Waals surface area contributed by atoms with Crippen molar-refractivity contribution >= 4 is 0 Å². The predicted octanol–water partition coefficient (Wildman–Crippen LogP) is 2.64. The van der Waals surface area contributed by atoms with Crippen LogP contribution in [-0.4, -0.2) is 37.1 Å². The third-order valence-electron chi connectivity index (χ3n) is 4.94. The molecule has 3 aliphatic rings. The zero-order chi connectivity index (χ0) is 11.5. The third-order valence-corrected chi connectivity index (χ3v) is 4.94. The zero-order valence-corrected chi connectivity index (χ0v) is 11.2. The van der Waals surface area contributed by atoms with Gasteiger partial charge >= 0.3 is 0 Å². The van der Waals surface area contributed by atoms with Crippen LogP contribution in [0, 0.1) is 11.8 Å². The Bertz CT molecular complexity index is 231. The fourth-order valence-electron chi connectivity index (χ4n) is 3.71. The van der Waals surface area contributed by atoms with Crippen LogP contribution in [0.25, 0.3) is 0 Å². The van der Waals surface area contributed by atoms with E-state index in [4.69, 9.17) is 0 Å². The van der Waals surface area contributed by atoms with Gasteiger partial charge in [0.05, 0.1) is 0 Å². The van der Waals surface area contributed by atoms with Gasteiger partial charge in [0, 0.05) is 19.1 Å². The summed E-state index contributed by atoms with van der Waals surface area (Å²) in [6, 6.07) is 0.802. The summed E-state index contributed by atoms with van der Waals surface area (Å²) in [6.07, 6.45) is 11.8. The standard InChI is InChI=1S/C15H28N2/c1-2-5-14(6-3-1)15-12-17(10-4-9-16-15)11-13-7-8-13/h13-16H,1-12H2. The first-order valence-corrected chi connectivity index (χ1v) is 7.87. The van der Waals surface area contributed by atoms with E-state index in [1.54, 1.807) is 0 Å². The van der Waals surface area contributed by atoms with E-state index >= 15 is 0 Å². The summed E-state index contributed by atoms with van der Waals surface area (Å²) >= 11 is 0. The SMILES string of the molecule is C1CCC(C2CN(CC3CC3)CCCN2)CC1. The van der Waals surface area contributed by atoms with E-state index in [2.05, 4.69) is 10.2 Å². The minimum absolute atomic E-state index is 0.802. The molecule has 0 aromatic carbocycles. The second kappa shape index (κ2) is 5.71. The van der Waals surface area contributed by atoms with Crippen molar-refractivity contribution in [3.8, 4) is 0 Å². The summed E-state index contributed by atoms with van der Waals surface area (Å²) in [5.74, 6) is 2.03. The Balaban J connectivity index is 1.53. The second-order valence-electron chi connectivity index (χ2n) is 6.52. The lowest BCUT2D eigenvalue weighted by molar-refractivity contribution is 0.201. The normalized spacial score (nSPS) is 33.5. The Hall–Kier alpha value is -0.0800. The van der Waals surface area contributed by atoms with Gasteiger partial charge in [-0.15, -0.1) is 0 Å². The van der Waals surface area contributed by atoms with Crippen molar-refractivity contribution in [1.29, 1.82) is 0 Å². The molecule has 1 unspecified atom stereocenters. The highest BCUT2D eigenvalue weighted by Gasteiger charge is 2.30. The Morgan fingerprint density at radius 1 is 0.941 bits per heavy atom. The fourth-order valence-corrected chi connectivity index (χ4v) is 3.71. The molecule has 1 heterocycles. The second-order valence-corrected chi connectivity index (χ2v) is 6.52. The van der Waals surface area contributed by atoms with Crippen molar-refractivity contribution in [1.82, 2.24) is 10.2 Å². The largest absolute Gasteiger partial charge is 0.312 e. The molecule has 1 atom stereocenters. The molecule has 0 spiro atoms. The van der Waals surface area contributed by atoms with Crippen molar-refractivity contribution < 1.29 is 0 Å². The van der Waals surface area contributed by atoms with Gasteiger partial charge in [0.25, 0.3) is 0 Å². The molecule has 0 aromatic rings. The molecule has 1 aliphatic heterocycles. The highest BCUT2D eigenvalue weighted by atomic mass is 15.2. The van der Waals surface area contributed by atoms with Gasteiger partial charge < -0.3 is 10.2 Å². The lowest BCUT2D eigenvalue weighted by Gasteiger charge is -2.33. The molecule has 0 radical (unpaired) electrons. The van der Waals surface area contributed by atoms with Gasteiger partial charge in [-0.25, -0.2) is 0 Å². The van der Waals surface area contributed by atoms with Crippen LogP contribution in [-0.2, 0) is 0 Å². The van der Waals surface area contributed by atoms with E-state index in [-0.39, 0.29) is 0 Å². The highest BCUT2D eigenvalue weighted by Crippen LogP contribution is 2.31. The van der Waals surface area contributed by atoms with Gasteiger partial charge in [-0.2, -0.15) is 0 Å². The maximum atomic E-state index is 3.83. The summed E-state index contributed by atoms with van der Waals surface area (Å²) in [7, 11) is 0. The molecule has 98 valence electrons. The first-order chi connectivity index (χ1) is 8.42. The summed E-state index contributed by atoms with van der Waals surface area (Å²) in [6.45, 7) is 5.32. The Morgan fingerprint density at radius 2 is 1.76 bits per heavy atom. The first-order valence-electron chi connectivity index (χ1n) is 7.87. The molecule has 2 heteroatoms. The average Bonchev–Trinajstić information content (AvgIpc) is 3.18. The third kappa shape index (κ3) is 3.45. The molecule has 1 saturated heterocycles. The summed E-state index contributed by atoms with van der Waals surface area (Å²) in [4.78, 5) is 2.76. The summed E-state index contributed by atoms with van der Waals surface area (Å²) < 4.78 is 0. The van der Waals surface area contributed by atoms with Crippen LogP contribution in [0.1, 0.15) is 51.4 Å². The van der Waals surface area contributed by atoms with Gasteiger partial charge in [-0.1, -0.05) is 19.3 Å². The van der Waals surface area contributed by atoms with Gasteiger partial charge in [0.2, 0.25) is 0 Å². The number of nitrogens with one attached hydrogen (secondary N) is 1. The summed E-state index contributed by atoms with van der Waals surface area (Å²) in [5, 5.41) is 3.83. The molecule has 17 heavy (non-hydrogen) atoms. The van der Waals surface area contributed by atoms with E-state index in [0.717, 1.165) is 17.9 Å². The average molecular weight is 236 g/mol. The number of nitrogens with zero attached hydrogens (tertiary/aromatic N) is 1. The van der Waals surface area contributed by atoms with Crippen molar-refractivity contribution in [2.45, 2.75) is 57.4 Å². The maximum absolute atomic E-state index is 3.83. The molecule has 0 bridgehead atoms. The molecule has 1 N–H and O–H groups in total. The zero-order valence-electron chi connectivity index (χ0n) is 11.2. The fraction of sp³-hybridized carbons (Fsp3) is 1.00. The van der Waals surface area contributed by atoms with E-state index < -0.39 is 0 Å². The molecule has 2 saturated carbocycles. The lowest BCUT2D eigenvalue weighted by atomic mass is 9.83. The molecule has 0 aromatic heterocycles. The molecule has 3 rings (SSSR count). The minimum atomic E-state index is 0.802. The van der Waals surface area contributed by atoms with Crippen LogP contribution < -0.4 is 5.32 Å². The topological polar surface area (TPSA) is 15.3 Å². The Labute approximate surface area is 106 Å². The van der Waals surface area contributed by atoms with Gasteiger partial charge in [0.15, 0.2) is 0 Å². The van der Waals surface area contributed by atoms with E-state index in [9.17, 15) is 0 Å². The Kier molecular flexibility index (Phi) is 4.02. The van der Waals surface area contributed by atoms with Gasteiger partial charge in [0.1, 0.15) is 0 Å². The van der Waals surface area contributed by atoms with Crippen molar-refractivity contribution in [3.63, 3.8) is 0 Å². The van der Waals surface area contributed by atoms with E-state index in [0.29, 0.717) is 0 Å². The van der Waals surface area contributed by atoms with Crippen molar-refractivity contribution in [3.05, 3.63) is 0 Å². The summed E-state index contributed by atoms with van der Waals surface area (Å²) in [5.41, 5.74) is 0. The van der Waals surface area contributed by atoms with Crippen LogP contribution in [0.4, 0.5) is 0 Å². The number of rotatable bonds is 3. The monoisotopic (exact) mass is 236 g/mol. The lowest BCUT2D eigenvalue weighted by Crippen LogP contribution is -2.44. The van der Waals surface area contributed by atoms with Crippen LogP contribution in [0.2, 0.25) is 0 Å². The molecular formula is C15H28N2. The van der Waals surface area contributed by atoms with E-state index in [1.165, 1.54) is 77.5 Å². The van der Waals surface area contributed by atoms with Gasteiger partial charge in [-0.05, 0) is 57.0 Å². The number of hydrogen-bond donors (Lipinski definition) is 1. The van der Waals surface area contributed by atoms with Crippen molar-refractivity contribution in [2.75, 3.05) is 26.2 Å². The van der Waals surface area contributed by atoms with Crippen LogP contribution in [0.15, 0.2) is 0 Å². The predicted molar refractivity (Wildman–Crippen MR) is 72.1 cm³/mol. The van der Waals surface area contributed by atoms with Crippen molar-refractivity contribution in [2.24, 2.45) is 11.8 Å².